The maximum absolute atomic E-state index is 11.7. The first kappa shape index (κ1) is 15.3. The van der Waals surface area contributed by atoms with Gasteiger partial charge in [0.1, 0.15) is 6.61 Å². The number of amides is 1. The maximum Gasteiger partial charge on any atom is 0.410 e. The predicted octanol–water partition coefficient (Wildman–Crippen LogP) is 2.44. The maximum atomic E-state index is 11.7. The highest BCUT2D eigenvalue weighted by Crippen LogP contribution is 2.35. The number of carbonyl (C=O) groups excluding carboxylic acids is 1. The molecule has 5 nitrogen and oxygen atoms in total. The average Bonchev–Trinajstić information content (AvgIpc) is 2.60. The first-order chi connectivity index (χ1) is 9.05. The van der Waals surface area contributed by atoms with Crippen molar-refractivity contribution in [2.75, 3.05) is 19.7 Å². The second-order valence-electron chi connectivity index (χ2n) is 4.78. The van der Waals surface area contributed by atoms with Crippen molar-refractivity contribution in [1.29, 1.82) is 0 Å². The molecule has 0 saturated carbocycles. The van der Waals surface area contributed by atoms with Crippen molar-refractivity contribution >= 4 is 12.1 Å². The van der Waals surface area contributed by atoms with Gasteiger partial charge >= 0.3 is 12.1 Å². The van der Waals surface area contributed by atoms with Gasteiger partial charge in [-0.15, -0.1) is 6.58 Å². The SMILES string of the molecule is C=CCOC(=O)N1CCCC(CC=C)(C(=O)O)CC1. The minimum Gasteiger partial charge on any atom is -0.481 e. The lowest BCUT2D eigenvalue weighted by atomic mass is 9.78. The first-order valence-electron chi connectivity index (χ1n) is 6.42. The zero-order valence-corrected chi connectivity index (χ0v) is 11.1. The van der Waals surface area contributed by atoms with Crippen molar-refractivity contribution in [3.8, 4) is 0 Å². The van der Waals surface area contributed by atoms with Gasteiger partial charge in [-0.3, -0.25) is 4.79 Å². The fourth-order valence-electron chi connectivity index (χ4n) is 2.38. The lowest BCUT2D eigenvalue weighted by molar-refractivity contribution is -0.149. The second-order valence-corrected chi connectivity index (χ2v) is 4.78. The Hall–Kier alpha value is -1.78. The molecule has 1 aliphatic rings. The number of carboxylic acids is 1. The van der Waals surface area contributed by atoms with E-state index in [9.17, 15) is 14.7 Å². The second kappa shape index (κ2) is 6.97. The van der Waals surface area contributed by atoms with Crippen molar-refractivity contribution in [3.05, 3.63) is 25.3 Å². The monoisotopic (exact) mass is 267 g/mol. The molecule has 1 heterocycles. The van der Waals surface area contributed by atoms with Crippen LogP contribution in [-0.4, -0.2) is 41.8 Å². The quantitative estimate of drug-likeness (QED) is 0.777. The molecule has 0 radical (unpaired) electrons. The molecule has 1 rings (SSSR count). The third-order valence-electron chi connectivity index (χ3n) is 3.52. The van der Waals surface area contributed by atoms with Crippen LogP contribution >= 0.6 is 0 Å². The first-order valence-corrected chi connectivity index (χ1v) is 6.42. The van der Waals surface area contributed by atoms with Crippen LogP contribution in [-0.2, 0) is 9.53 Å². The van der Waals surface area contributed by atoms with Crippen molar-refractivity contribution in [2.45, 2.75) is 25.7 Å². The predicted molar refractivity (Wildman–Crippen MR) is 71.9 cm³/mol. The Morgan fingerprint density at radius 2 is 2.00 bits per heavy atom. The average molecular weight is 267 g/mol. The van der Waals surface area contributed by atoms with Gasteiger partial charge in [-0.2, -0.15) is 0 Å². The van der Waals surface area contributed by atoms with E-state index in [4.69, 9.17) is 4.74 Å². The molecule has 1 N–H and O–H groups in total. The highest BCUT2D eigenvalue weighted by molar-refractivity contribution is 5.75. The Kier molecular flexibility index (Phi) is 5.60. The molecule has 1 aliphatic heterocycles. The van der Waals surface area contributed by atoms with E-state index >= 15 is 0 Å². The Bertz CT molecular complexity index is 366. The summed E-state index contributed by atoms with van der Waals surface area (Å²) in [5.74, 6) is -0.811. The zero-order chi connectivity index (χ0) is 14.3. The summed E-state index contributed by atoms with van der Waals surface area (Å²) in [6.07, 6.45) is 4.81. The Balaban J connectivity index is 2.68. The summed E-state index contributed by atoms with van der Waals surface area (Å²) in [6, 6.07) is 0. The van der Waals surface area contributed by atoms with Crippen LogP contribution in [0, 0.1) is 5.41 Å². The number of aliphatic carboxylic acids is 1. The van der Waals surface area contributed by atoms with Crippen LogP contribution in [0.15, 0.2) is 25.3 Å². The number of carboxylic acid groups (broad SMARTS) is 1. The molecule has 19 heavy (non-hydrogen) atoms. The van der Waals surface area contributed by atoms with Crippen LogP contribution in [0.2, 0.25) is 0 Å². The third-order valence-corrected chi connectivity index (χ3v) is 3.52. The highest BCUT2D eigenvalue weighted by atomic mass is 16.6. The van der Waals surface area contributed by atoms with Crippen LogP contribution < -0.4 is 0 Å². The molecular weight excluding hydrogens is 246 g/mol. The molecule has 0 aromatic rings. The molecule has 1 saturated heterocycles. The topological polar surface area (TPSA) is 66.8 Å². The van der Waals surface area contributed by atoms with Gasteiger partial charge in [0.15, 0.2) is 0 Å². The van der Waals surface area contributed by atoms with E-state index in [0.29, 0.717) is 38.8 Å². The van der Waals surface area contributed by atoms with E-state index in [-0.39, 0.29) is 6.61 Å². The number of carbonyl (C=O) groups is 2. The molecule has 5 heteroatoms. The zero-order valence-electron chi connectivity index (χ0n) is 11.1. The normalized spacial score (nSPS) is 23.3. The van der Waals surface area contributed by atoms with Crippen molar-refractivity contribution in [1.82, 2.24) is 4.90 Å². The number of allylic oxidation sites excluding steroid dienone is 1. The minimum absolute atomic E-state index is 0.173. The molecule has 106 valence electrons. The Labute approximate surface area is 113 Å². The van der Waals surface area contributed by atoms with E-state index in [1.54, 1.807) is 11.0 Å². The van der Waals surface area contributed by atoms with Crippen molar-refractivity contribution in [3.63, 3.8) is 0 Å². The summed E-state index contributed by atoms with van der Waals surface area (Å²) in [6.45, 7) is 8.21. The summed E-state index contributed by atoms with van der Waals surface area (Å²) >= 11 is 0. The Morgan fingerprint density at radius 1 is 1.26 bits per heavy atom. The number of hydrogen-bond donors (Lipinski definition) is 1. The molecule has 1 fully saturated rings. The van der Waals surface area contributed by atoms with Crippen molar-refractivity contribution < 1.29 is 19.4 Å². The van der Waals surface area contributed by atoms with Gasteiger partial charge in [-0.05, 0) is 25.7 Å². The summed E-state index contributed by atoms with van der Waals surface area (Å²) in [4.78, 5) is 24.8. The van der Waals surface area contributed by atoms with E-state index in [1.165, 1.54) is 6.08 Å². The van der Waals surface area contributed by atoms with E-state index < -0.39 is 17.5 Å². The van der Waals surface area contributed by atoms with Crippen LogP contribution in [0.5, 0.6) is 0 Å². The largest absolute Gasteiger partial charge is 0.481 e. The summed E-state index contributed by atoms with van der Waals surface area (Å²) in [7, 11) is 0. The molecule has 0 spiro atoms. The van der Waals surface area contributed by atoms with E-state index in [1.807, 2.05) is 0 Å². The van der Waals surface area contributed by atoms with E-state index in [2.05, 4.69) is 13.2 Å². The fraction of sp³-hybridized carbons (Fsp3) is 0.571. The molecule has 0 aromatic carbocycles. The molecule has 1 amide bonds. The van der Waals surface area contributed by atoms with Crippen LogP contribution in [0.4, 0.5) is 4.79 Å². The lowest BCUT2D eigenvalue weighted by Gasteiger charge is -2.26. The van der Waals surface area contributed by atoms with Gasteiger partial charge in [0.05, 0.1) is 5.41 Å². The highest BCUT2D eigenvalue weighted by Gasteiger charge is 2.39. The van der Waals surface area contributed by atoms with Gasteiger partial charge < -0.3 is 14.7 Å². The number of nitrogens with zero attached hydrogens (tertiary/aromatic N) is 1. The minimum atomic E-state index is -0.811. The van der Waals surface area contributed by atoms with Gasteiger partial charge in [0.25, 0.3) is 0 Å². The smallest absolute Gasteiger partial charge is 0.410 e. The molecule has 0 bridgehead atoms. The number of hydrogen-bond acceptors (Lipinski definition) is 3. The summed E-state index contributed by atoms with van der Waals surface area (Å²) in [5.41, 5.74) is -0.796. The third kappa shape index (κ3) is 3.84. The number of ether oxygens (including phenoxy) is 1. The number of rotatable bonds is 5. The molecule has 0 aromatic heterocycles. The molecular formula is C14H21NO4. The molecule has 1 atom stereocenters. The molecule has 1 unspecified atom stereocenters. The standard InChI is InChI=1S/C14H21NO4/c1-3-6-14(12(16)17)7-5-9-15(10-8-14)13(18)19-11-4-2/h3-4H,1-2,5-11H2,(H,16,17). The van der Waals surface area contributed by atoms with Crippen LogP contribution in [0.3, 0.4) is 0 Å². The lowest BCUT2D eigenvalue weighted by Crippen LogP contribution is -2.35. The van der Waals surface area contributed by atoms with E-state index in [0.717, 1.165) is 0 Å². The van der Waals surface area contributed by atoms with Crippen LogP contribution in [0.25, 0.3) is 0 Å². The molecule has 0 aliphatic carbocycles. The number of likely N-dealkylation sites (tertiary alicyclic amines) is 1. The van der Waals surface area contributed by atoms with Gasteiger partial charge in [-0.25, -0.2) is 4.79 Å². The van der Waals surface area contributed by atoms with Crippen LogP contribution in [0.1, 0.15) is 25.7 Å². The van der Waals surface area contributed by atoms with Gasteiger partial charge in [-0.1, -0.05) is 18.7 Å². The Morgan fingerprint density at radius 3 is 2.58 bits per heavy atom. The van der Waals surface area contributed by atoms with Gasteiger partial charge in [0.2, 0.25) is 0 Å². The summed E-state index contributed by atoms with van der Waals surface area (Å²) < 4.78 is 4.98. The van der Waals surface area contributed by atoms with Gasteiger partial charge in [0, 0.05) is 13.1 Å². The van der Waals surface area contributed by atoms with Crippen molar-refractivity contribution in [2.24, 2.45) is 5.41 Å². The fourth-order valence-corrected chi connectivity index (χ4v) is 2.38. The summed E-state index contributed by atoms with van der Waals surface area (Å²) in [5, 5.41) is 9.42.